The van der Waals surface area contributed by atoms with Crippen molar-refractivity contribution in [2.45, 2.75) is 206 Å². The third kappa shape index (κ3) is 45.3. The topological polar surface area (TPSA) is 155 Å². The Morgan fingerprint density at radius 3 is 1.34 bits per heavy atom. The van der Waals surface area contributed by atoms with Crippen molar-refractivity contribution in [1.29, 1.82) is 0 Å². The van der Waals surface area contributed by atoms with Gasteiger partial charge in [0.25, 0.3) is 0 Å². The zero-order valence-corrected chi connectivity index (χ0v) is 39.4. The van der Waals surface area contributed by atoms with Crippen LogP contribution in [0.5, 0.6) is 0 Å². The van der Waals surface area contributed by atoms with E-state index in [4.69, 9.17) is 29.4 Å². The minimum atomic E-state index is -4.63. The number of unbranched alkanes of at least 4 members (excludes halogenated alkanes) is 19. The summed E-state index contributed by atoms with van der Waals surface area (Å²) in [5.74, 6) is -1.80. The van der Waals surface area contributed by atoms with Crippen LogP contribution in [0.1, 0.15) is 194 Å². The molecule has 0 aliphatic rings. The minimum absolute atomic E-state index is 0.00112. The van der Waals surface area contributed by atoms with Crippen LogP contribution in [0.15, 0.2) is 72.9 Å². The molecule has 0 fully saturated rings. The molecule has 0 heterocycles. The lowest BCUT2D eigenvalue weighted by Gasteiger charge is -2.20. The molecule has 0 amide bonds. The number of aliphatic carboxylic acids is 1. The number of allylic oxidation sites excluding steroid dienone is 12. The highest BCUT2D eigenvalue weighted by molar-refractivity contribution is 7.47. The number of carbonyl (C=O) groups is 2. The molecule has 4 N–H and O–H groups in total. The number of nitrogens with two attached hydrogens (primary N) is 1. The fourth-order valence-electron chi connectivity index (χ4n) is 6.20. The summed E-state index contributed by atoms with van der Waals surface area (Å²) >= 11 is 0. The van der Waals surface area contributed by atoms with Crippen LogP contribution < -0.4 is 5.73 Å². The molecule has 3 atom stereocenters. The summed E-state index contributed by atoms with van der Waals surface area (Å²) in [6.07, 6.45) is 56.6. The lowest BCUT2D eigenvalue weighted by molar-refractivity contribution is -0.154. The van der Waals surface area contributed by atoms with Gasteiger partial charge in [-0.15, -0.1) is 0 Å². The molecule has 61 heavy (non-hydrogen) atoms. The number of hydrogen-bond acceptors (Lipinski definition) is 8. The van der Waals surface area contributed by atoms with E-state index in [-0.39, 0.29) is 13.0 Å². The Bertz CT molecular complexity index is 1250. The summed E-state index contributed by atoms with van der Waals surface area (Å²) in [6.45, 7) is 3.79. The average molecular weight is 878 g/mol. The van der Waals surface area contributed by atoms with Crippen molar-refractivity contribution in [2.75, 3.05) is 26.4 Å². The molecular weight excluding hydrogens is 790 g/mol. The molecule has 0 saturated heterocycles. The highest BCUT2D eigenvalue weighted by Gasteiger charge is 2.27. The average Bonchev–Trinajstić information content (AvgIpc) is 3.24. The third-order valence-corrected chi connectivity index (χ3v) is 10.9. The first-order valence-corrected chi connectivity index (χ1v) is 25.5. The number of carboxylic acid groups (broad SMARTS) is 1. The van der Waals surface area contributed by atoms with Gasteiger partial charge in [0.05, 0.1) is 19.8 Å². The molecule has 3 unspecified atom stereocenters. The number of ether oxygens (including phenoxy) is 2. The predicted molar refractivity (Wildman–Crippen MR) is 254 cm³/mol. The van der Waals surface area contributed by atoms with Crippen molar-refractivity contribution in [1.82, 2.24) is 0 Å². The van der Waals surface area contributed by atoms with Gasteiger partial charge in [0.1, 0.15) is 12.1 Å². The van der Waals surface area contributed by atoms with Crippen molar-refractivity contribution < 1.29 is 42.7 Å². The summed E-state index contributed by atoms with van der Waals surface area (Å²) in [7, 11) is -4.63. The molecule has 0 aromatic carbocycles. The molecule has 0 radical (unpaired) electrons. The lowest BCUT2D eigenvalue weighted by atomic mass is 10.1. The van der Waals surface area contributed by atoms with Crippen molar-refractivity contribution >= 4 is 19.8 Å². The summed E-state index contributed by atoms with van der Waals surface area (Å²) in [4.78, 5) is 33.6. The zero-order valence-electron chi connectivity index (χ0n) is 38.5. The smallest absolute Gasteiger partial charge is 0.472 e. The molecule has 0 bridgehead atoms. The maximum absolute atomic E-state index is 12.7. The zero-order chi connectivity index (χ0) is 44.8. The van der Waals surface area contributed by atoms with E-state index in [9.17, 15) is 19.0 Å². The summed E-state index contributed by atoms with van der Waals surface area (Å²) < 4.78 is 33.4. The largest absolute Gasteiger partial charge is 0.480 e. The van der Waals surface area contributed by atoms with Gasteiger partial charge in [0, 0.05) is 13.0 Å². The number of carbonyl (C=O) groups excluding carboxylic acids is 1. The molecular formula is C50H88NO9P. The molecule has 0 rings (SSSR count). The van der Waals surface area contributed by atoms with E-state index in [1.165, 1.54) is 77.0 Å². The van der Waals surface area contributed by atoms with E-state index in [0.717, 1.165) is 89.9 Å². The molecule has 11 heteroatoms. The van der Waals surface area contributed by atoms with Gasteiger partial charge in [0.2, 0.25) is 0 Å². The van der Waals surface area contributed by atoms with Crippen molar-refractivity contribution in [3.8, 4) is 0 Å². The number of hydrogen-bond donors (Lipinski definition) is 3. The number of rotatable bonds is 45. The molecule has 0 spiro atoms. The minimum Gasteiger partial charge on any atom is -0.480 e. The Kier molecular flexibility index (Phi) is 43.5. The van der Waals surface area contributed by atoms with E-state index in [0.29, 0.717) is 13.0 Å². The van der Waals surface area contributed by atoms with E-state index in [1.807, 2.05) is 0 Å². The second-order valence-corrected chi connectivity index (χ2v) is 17.3. The number of phosphoric acid groups is 1. The maximum atomic E-state index is 12.7. The van der Waals surface area contributed by atoms with E-state index in [2.05, 4.69) is 86.8 Å². The molecule has 352 valence electrons. The maximum Gasteiger partial charge on any atom is 0.472 e. The van der Waals surface area contributed by atoms with E-state index in [1.54, 1.807) is 0 Å². The molecule has 0 aliphatic heterocycles. The number of carboxylic acids is 1. The monoisotopic (exact) mass is 878 g/mol. The third-order valence-electron chi connectivity index (χ3n) is 9.96. The Hall–Kier alpha value is -2.59. The molecule has 0 aliphatic carbocycles. The van der Waals surface area contributed by atoms with Crippen LogP contribution >= 0.6 is 7.82 Å². The Morgan fingerprint density at radius 1 is 0.525 bits per heavy atom. The van der Waals surface area contributed by atoms with Gasteiger partial charge in [-0.25, -0.2) is 4.57 Å². The van der Waals surface area contributed by atoms with Crippen LogP contribution in [0.3, 0.4) is 0 Å². The van der Waals surface area contributed by atoms with Gasteiger partial charge < -0.3 is 25.2 Å². The first-order valence-electron chi connectivity index (χ1n) is 24.0. The fourth-order valence-corrected chi connectivity index (χ4v) is 6.98. The van der Waals surface area contributed by atoms with Gasteiger partial charge in [0.15, 0.2) is 0 Å². The Balaban J connectivity index is 4.25. The second kappa shape index (κ2) is 45.4. The van der Waals surface area contributed by atoms with Gasteiger partial charge in [-0.3, -0.25) is 18.6 Å². The predicted octanol–water partition coefficient (Wildman–Crippen LogP) is 13.8. The number of esters is 1. The molecule has 0 aromatic heterocycles. The first kappa shape index (κ1) is 58.4. The summed E-state index contributed by atoms with van der Waals surface area (Å²) in [6, 6.07) is -1.48. The van der Waals surface area contributed by atoms with E-state index < -0.39 is 45.1 Å². The van der Waals surface area contributed by atoms with Crippen LogP contribution in [0.25, 0.3) is 0 Å². The quantitative estimate of drug-likeness (QED) is 0.0233. The summed E-state index contributed by atoms with van der Waals surface area (Å²) in [5, 5.41) is 8.92. The van der Waals surface area contributed by atoms with Gasteiger partial charge >= 0.3 is 19.8 Å². The van der Waals surface area contributed by atoms with Crippen LogP contribution in [0, 0.1) is 0 Å². The summed E-state index contributed by atoms with van der Waals surface area (Å²) in [5.41, 5.74) is 5.37. The molecule has 0 saturated carbocycles. The van der Waals surface area contributed by atoms with E-state index >= 15 is 0 Å². The second-order valence-electron chi connectivity index (χ2n) is 15.9. The SMILES string of the molecule is CCCCC/C=C\C/C=C\C/C=C\CCCCCCCCCOCC(COP(=O)(O)OCC(N)C(=O)O)OC(=O)CCCCCCCC/C=C\C/C=C\C/C=C\CCCCC. The molecule has 0 aromatic rings. The Labute approximate surface area is 372 Å². The van der Waals surface area contributed by atoms with Gasteiger partial charge in [-0.1, -0.05) is 170 Å². The van der Waals surface area contributed by atoms with Crippen molar-refractivity contribution in [2.24, 2.45) is 5.73 Å². The van der Waals surface area contributed by atoms with Crippen LogP contribution in [0.4, 0.5) is 0 Å². The van der Waals surface area contributed by atoms with Gasteiger partial charge in [-0.2, -0.15) is 0 Å². The highest BCUT2D eigenvalue weighted by atomic mass is 31.2. The van der Waals surface area contributed by atoms with Crippen LogP contribution in [0.2, 0.25) is 0 Å². The van der Waals surface area contributed by atoms with Crippen molar-refractivity contribution in [3.63, 3.8) is 0 Å². The van der Waals surface area contributed by atoms with Crippen molar-refractivity contribution in [3.05, 3.63) is 72.9 Å². The number of phosphoric ester groups is 1. The van der Waals surface area contributed by atoms with Crippen LogP contribution in [-0.4, -0.2) is 60.5 Å². The van der Waals surface area contributed by atoms with Gasteiger partial charge in [-0.05, 0) is 89.9 Å². The Morgan fingerprint density at radius 2 is 0.902 bits per heavy atom. The standard InChI is InChI=1S/C50H88NO9P/c1-3-5-7-9-11-13-15-17-19-21-23-25-27-29-31-33-35-37-39-41-43-57-44-47(45-58-61(55,56)59-46-48(51)50(53)54)60-49(52)42-40-38-36-34-32-30-28-26-24-22-20-18-16-14-12-10-8-6-4-2/h11-14,17-20,23-26,47-48H,3-10,15-16,21-22,27-46,51H2,1-2H3,(H,53,54)(H,55,56)/b13-11-,14-12-,19-17-,20-18-,25-23-,26-24-. The lowest BCUT2D eigenvalue weighted by Crippen LogP contribution is -2.34. The molecule has 10 nitrogen and oxygen atoms in total. The van der Waals surface area contributed by atoms with Crippen LogP contribution in [-0.2, 0) is 32.7 Å². The fraction of sp³-hybridized carbons (Fsp3) is 0.720. The highest BCUT2D eigenvalue weighted by Crippen LogP contribution is 2.43. The first-order chi connectivity index (χ1) is 29.7. The normalized spacial score (nSPS) is 14.4.